The van der Waals surface area contributed by atoms with E-state index in [-0.39, 0.29) is 5.69 Å². The number of nitrogen functional groups attached to an aromatic ring is 1. The lowest BCUT2D eigenvalue weighted by molar-refractivity contribution is -0.384. The van der Waals surface area contributed by atoms with Crippen molar-refractivity contribution in [3.8, 4) is 16.9 Å². The number of nitro benzene ring substituents is 1. The van der Waals surface area contributed by atoms with Gasteiger partial charge >= 0.3 is 0 Å². The molecule has 3 aromatic rings. The van der Waals surface area contributed by atoms with Gasteiger partial charge in [0.05, 0.1) is 16.8 Å². The Morgan fingerprint density at radius 2 is 1.95 bits per heavy atom. The molecule has 0 fully saturated rings. The highest BCUT2D eigenvalue weighted by Gasteiger charge is 2.10. The van der Waals surface area contributed by atoms with E-state index in [1.54, 1.807) is 35.1 Å². The van der Waals surface area contributed by atoms with Gasteiger partial charge in [0.25, 0.3) is 5.69 Å². The fourth-order valence-corrected chi connectivity index (χ4v) is 1.97. The van der Waals surface area contributed by atoms with Crippen molar-refractivity contribution < 1.29 is 4.92 Å². The Bertz CT molecular complexity index is 812. The third-order valence-electron chi connectivity index (χ3n) is 2.98. The summed E-state index contributed by atoms with van der Waals surface area (Å²) in [6.45, 7) is 0. The van der Waals surface area contributed by atoms with Crippen LogP contribution in [0.25, 0.3) is 16.9 Å². The summed E-state index contributed by atoms with van der Waals surface area (Å²) < 4.78 is 1.57. The molecule has 2 aromatic carbocycles. The molecule has 0 aliphatic heterocycles. The molecule has 0 spiro atoms. The minimum absolute atomic E-state index is 0.0194. The lowest BCUT2D eigenvalue weighted by Gasteiger charge is -2.00. The molecule has 0 saturated heterocycles. The lowest BCUT2D eigenvalue weighted by atomic mass is 10.1. The summed E-state index contributed by atoms with van der Waals surface area (Å²) in [5.41, 5.74) is 8.35. The predicted octanol–water partition coefficient (Wildman–Crippen LogP) is 2.42. The normalized spacial score (nSPS) is 10.5. The van der Waals surface area contributed by atoms with Gasteiger partial charge in [-0.2, -0.15) is 0 Å². The summed E-state index contributed by atoms with van der Waals surface area (Å²) in [7, 11) is 0. The Morgan fingerprint density at radius 1 is 1.14 bits per heavy atom. The maximum absolute atomic E-state index is 10.8. The first-order chi connectivity index (χ1) is 10.1. The molecule has 21 heavy (non-hydrogen) atoms. The van der Waals surface area contributed by atoms with Crippen molar-refractivity contribution in [1.29, 1.82) is 0 Å². The van der Waals surface area contributed by atoms with Crippen molar-refractivity contribution in [2.75, 3.05) is 5.73 Å². The van der Waals surface area contributed by atoms with Gasteiger partial charge in [-0.1, -0.05) is 23.4 Å². The Balaban J connectivity index is 1.98. The van der Waals surface area contributed by atoms with Gasteiger partial charge < -0.3 is 5.73 Å². The molecular formula is C14H11N5O2. The van der Waals surface area contributed by atoms with Crippen LogP contribution in [0.2, 0.25) is 0 Å². The molecule has 0 saturated carbocycles. The number of aromatic nitrogens is 3. The number of non-ortho nitro benzene ring substituents is 1. The number of anilines is 1. The first-order valence-electron chi connectivity index (χ1n) is 6.16. The number of nitro groups is 1. The van der Waals surface area contributed by atoms with E-state index in [1.165, 1.54) is 12.1 Å². The van der Waals surface area contributed by atoms with Crippen LogP contribution in [-0.2, 0) is 0 Å². The van der Waals surface area contributed by atoms with Gasteiger partial charge in [0.2, 0.25) is 0 Å². The van der Waals surface area contributed by atoms with Crippen molar-refractivity contribution in [3.05, 3.63) is 64.8 Å². The third-order valence-corrected chi connectivity index (χ3v) is 2.98. The van der Waals surface area contributed by atoms with Crippen LogP contribution in [0.3, 0.4) is 0 Å². The average Bonchev–Trinajstić information content (AvgIpc) is 2.97. The molecule has 0 bridgehead atoms. The summed E-state index contributed by atoms with van der Waals surface area (Å²) in [5, 5.41) is 18.9. The molecule has 1 aromatic heterocycles. The molecule has 0 amide bonds. The predicted molar refractivity (Wildman–Crippen MR) is 77.9 cm³/mol. The molecule has 0 unspecified atom stereocenters. The van der Waals surface area contributed by atoms with Gasteiger partial charge in [0.1, 0.15) is 5.69 Å². The van der Waals surface area contributed by atoms with E-state index in [9.17, 15) is 10.1 Å². The molecule has 0 radical (unpaired) electrons. The molecule has 7 nitrogen and oxygen atoms in total. The van der Waals surface area contributed by atoms with E-state index in [1.807, 2.05) is 12.1 Å². The Hall–Kier alpha value is -3.22. The van der Waals surface area contributed by atoms with Crippen molar-refractivity contribution >= 4 is 11.4 Å². The SMILES string of the molecule is Nc1cccc(-n2cc(-c3cccc([N+](=O)[O-])c3)nn2)c1. The summed E-state index contributed by atoms with van der Waals surface area (Å²) in [5.74, 6) is 0. The highest BCUT2D eigenvalue weighted by molar-refractivity contribution is 5.62. The zero-order valence-electron chi connectivity index (χ0n) is 10.9. The molecule has 2 N–H and O–H groups in total. The lowest BCUT2D eigenvalue weighted by Crippen LogP contribution is -1.95. The van der Waals surface area contributed by atoms with Crippen LogP contribution in [0.15, 0.2) is 54.7 Å². The maximum atomic E-state index is 10.8. The number of nitrogens with zero attached hydrogens (tertiary/aromatic N) is 4. The van der Waals surface area contributed by atoms with Crippen LogP contribution >= 0.6 is 0 Å². The second-order valence-corrected chi connectivity index (χ2v) is 4.45. The maximum Gasteiger partial charge on any atom is 0.270 e. The molecule has 7 heteroatoms. The zero-order valence-corrected chi connectivity index (χ0v) is 10.9. The zero-order chi connectivity index (χ0) is 14.8. The molecule has 3 rings (SSSR count). The monoisotopic (exact) mass is 281 g/mol. The van der Waals surface area contributed by atoms with E-state index < -0.39 is 4.92 Å². The highest BCUT2D eigenvalue weighted by Crippen LogP contribution is 2.22. The first kappa shape index (κ1) is 12.8. The van der Waals surface area contributed by atoms with Crippen molar-refractivity contribution in [2.24, 2.45) is 0 Å². The first-order valence-corrected chi connectivity index (χ1v) is 6.16. The summed E-state index contributed by atoms with van der Waals surface area (Å²) >= 11 is 0. The van der Waals surface area contributed by atoms with Gasteiger partial charge in [-0.05, 0) is 18.2 Å². The fourth-order valence-electron chi connectivity index (χ4n) is 1.97. The minimum Gasteiger partial charge on any atom is -0.399 e. The molecule has 0 atom stereocenters. The topological polar surface area (TPSA) is 99.9 Å². The molecule has 0 aliphatic rings. The van der Waals surface area contributed by atoms with Gasteiger partial charge in [-0.15, -0.1) is 5.10 Å². The summed E-state index contributed by atoms with van der Waals surface area (Å²) in [4.78, 5) is 10.4. The summed E-state index contributed by atoms with van der Waals surface area (Å²) in [6.07, 6.45) is 1.70. The second-order valence-electron chi connectivity index (χ2n) is 4.45. The number of hydrogen-bond donors (Lipinski definition) is 1. The van der Waals surface area contributed by atoms with E-state index in [0.29, 0.717) is 16.9 Å². The van der Waals surface area contributed by atoms with Crippen molar-refractivity contribution in [2.45, 2.75) is 0 Å². The number of benzene rings is 2. The van der Waals surface area contributed by atoms with Crippen LogP contribution in [0.5, 0.6) is 0 Å². The van der Waals surface area contributed by atoms with E-state index >= 15 is 0 Å². The van der Waals surface area contributed by atoms with Crippen LogP contribution in [-0.4, -0.2) is 19.9 Å². The Kier molecular flexibility index (Phi) is 3.07. The third kappa shape index (κ3) is 2.57. The van der Waals surface area contributed by atoms with Crippen molar-refractivity contribution in [1.82, 2.24) is 15.0 Å². The smallest absolute Gasteiger partial charge is 0.270 e. The number of hydrogen-bond acceptors (Lipinski definition) is 5. The van der Waals surface area contributed by atoms with Crippen LogP contribution in [0, 0.1) is 10.1 Å². The van der Waals surface area contributed by atoms with E-state index in [4.69, 9.17) is 5.73 Å². The van der Waals surface area contributed by atoms with E-state index in [2.05, 4.69) is 10.3 Å². The minimum atomic E-state index is -0.439. The number of rotatable bonds is 3. The number of nitrogens with two attached hydrogens (primary N) is 1. The standard InChI is InChI=1S/C14H11N5O2/c15-11-4-2-5-12(8-11)18-9-14(16-17-18)10-3-1-6-13(7-10)19(20)21/h1-9H,15H2. The molecule has 104 valence electrons. The van der Waals surface area contributed by atoms with Gasteiger partial charge in [-0.3, -0.25) is 10.1 Å². The van der Waals surface area contributed by atoms with Crippen LogP contribution < -0.4 is 5.73 Å². The van der Waals surface area contributed by atoms with Gasteiger partial charge in [0, 0.05) is 23.4 Å². The molecular weight excluding hydrogens is 270 g/mol. The average molecular weight is 281 g/mol. The van der Waals surface area contributed by atoms with Crippen LogP contribution in [0.1, 0.15) is 0 Å². The second kappa shape index (κ2) is 5.04. The Labute approximate surface area is 119 Å². The van der Waals surface area contributed by atoms with Crippen molar-refractivity contribution in [3.63, 3.8) is 0 Å². The fraction of sp³-hybridized carbons (Fsp3) is 0. The largest absolute Gasteiger partial charge is 0.399 e. The Morgan fingerprint density at radius 3 is 2.71 bits per heavy atom. The van der Waals surface area contributed by atoms with Gasteiger partial charge in [0.15, 0.2) is 0 Å². The quantitative estimate of drug-likeness (QED) is 0.451. The van der Waals surface area contributed by atoms with Gasteiger partial charge in [-0.25, -0.2) is 4.68 Å². The molecule has 1 heterocycles. The summed E-state index contributed by atoms with van der Waals surface area (Å²) in [6, 6.07) is 13.5. The highest BCUT2D eigenvalue weighted by atomic mass is 16.6. The van der Waals surface area contributed by atoms with E-state index in [0.717, 1.165) is 5.69 Å². The molecule has 0 aliphatic carbocycles. The van der Waals surface area contributed by atoms with Crippen LogP contribution in [0.4, 0.5) is 11.4 Å².